The molecule has 0 saturated heterocycles. The molecule has 0 unspecified atom stereocenters. The smallest absolute Gasteiger partial charge is 0.156 e. The maximum Gasteiger partial charge on any atom is 0.156 e. The average molecular weight is 423 g/mol. The Morgan fingerprint density at radius 3 is 2.52 bits per heavy atom. The fourth-order valence-corrected chi connectivity index (χ4v) is 3.40. The Morgan fingerprint density at radius 2 is 1.84 bits per heavy atom. The molecule has 2 heterocycles. The molecule has 2 aromatic heterocycles. The van der Waals surface area contributed by atoms with E-state index in [1.54, 1.807) is 36.3 Å². The fourth-order valence-electron chi connectivity index (χ4n) is 3.40. The molecule has 0 aliphatic rings. The minimum Gasteiger partial charge on any atom is -0.300 e. The van der Waals surface area contributed by atoms with Crippen molar-refractivity contribution in [2.45, 2.75) is 38.6 Å². The lowest BCUT2D eigenvalue weighted by Crippen LogP contribution is -2.42. The van der Waals surface area contributed by atoms with Crippen molar-refractivity contribution >= 4 is 11.6 Å². The molecule has 0 amide bonds. The van der Waals surface area contributed by atoms with Crippen molar-refractivity contribution in [1.29, 1.82) is 0 Å². The van der Waals surface area contributed by atoms with Gasteiger partial charge >= 0.3 is 0 Å². The van der Waals surface area contributed by atoms with Crippen LogP contribution in [-0.4, -0.2) is 38.9 Å². The largest absolute Gasteiger partial charge is 0.300 e. The molecule has 0 spiro atoms. The number of ketones is 2. The highest BCUT2D eigenvalue weighted by molar-refractivity contribution is 5.87. The van der Waals surface area contributed by atoms with Gasteiger partial charge in [-0.3, -0.25) is 19.3 Å². The van der Waals surface area contributed by atoms with Gasteiger partial charge in [0.05, 0.1) is 24.7 Å². The van der Waals surface area contributed by atoms with Crippen LogP contribution in [0.4, 0.5) is 4.39 Å². The second-order valence-electron chi connectivity index (χ2n) is 7.58. The number of Topliss-reactive ketones (excluding diaryl/α,β-unsaturated/α-hetero) is 2. The molecule has 0 fully saturated rings. The molecule has 0 bridgehead atoms. The van der Waals surface area contributed by atoms with Crippen LogP contribution in [-0.2, 0) is 29.5 Å². The van der Waals surface area contributed by atoms with Gasteiger partial charge in [-0.15, -0.1) is 0 Å². The topological polar surface area (TPSA) is 76.9 Å². The highest BCUT2D eigenvalue weighted by atomic mass is 19.1. The Labute approximate surface area is 181 Å². The normalized spacial score (nSPS) is 12.0. The Bertz CT molecular complexity index is 1020. The molecule has 3 aromatic rings. The maximum atomic E-state index is 13.3. The van der Waals surface area contributed by atoms with Gasteiger partial charge in [0.25, 0.3) is 0 Å². The van der Waals surface area contributed by atoms with E-state index in [0.29, 0.717) is 12.8 Å². The number of hydrogen-bond donors (Lipinski definition) is 1. The molecule has 6 nitrogen and oxygen atoms in total. The lowest BCUT2D eigenvalue weighted by atomic mass is 9.99. The lowest BCUT2D eigenvalue weighted by molar-refractivity contribution is -0.121. The summed E-state index contributed by atoms with van der Waals surface area (Å²) < 4.78 is 15.0. The molecule has 1 aromatic carbocycles. The number of aromatic nitrogens is 3. The SMILES string of the molecule is CCCC(=O)CN[C@@H](Cc1ccc(F)cc1)C(=O)Cc1cc(-c2ccncc2)nn1C. The van der Waals surface area contributed by atoms with Gasteiger partial charge in [-0.25, -0.2) is 4.39 Å². The number of benzene rings is 1. The van der Waals surface area contributed by atoms with Gasteiger partial charge in [0.1, 0.15) is 11.6 Å². The van der Waals surface area contributed by atoms with Crippen molar-refractivity contribution in [3.05, 3.63) is 71.9 Å². The number of nitrogens with zero attached hydrogens (tertiary/aromatic N) is 3. The quantitative estimate of drug-likeness (QED) is 0.513. The summed E-state index contributed by atoms with van der Waals surface area (Å²) in [7, 11) is 1.81. The summed E-state index contributed by atoms with van der Waals surface area (Å²) in [5.41, 5.74) is 3.31. The zero-order valence-electron chi connectivity index (χ0n) is 17.8. The average Bonchev–Trinajstić information content (AvgIpc) is 3.13. The number of nitrogens with one attached hydrogen (secondary N) is 1. The van der Waals surface area contributed by atoms with Gasteiger partial charge in [0, 0.05) is 37.1 Å². The number of carbonyl (C=O) groups is 2. The van der Waals surface area contributed by atoms with Crippen molar-refractivity contribution in [3.8, 4) is 11.3 Å². The Hall–Kier alpha value is -3.19. The van der Waals surface area contributed by atoms with Gasteiger partial charge in [0.2, 0.25) is 0 Å². The standard InChI is InChI=1S/C24H27FN4O2/c1-3-4-21(30)16-27-23(13-17-5-7-19(25)8-6-17)24(31)15-20-14-22(28-29(20)2)18-9-11-26-12-10-18/h5-12,14,23,27H,3-4,13,15-16H2,1-2H3/t23-/m0/s1. The van der Waals surface area contributed by atoms with Crippen molar-refractivity contribution in [3.63, 3.8) is 0 Å². The first-order chi connectivity index (χ1) is 15.0. The highest BCUT2D eigenvalue weighted by Crippen LogP contribution is 2.19. The van der Waals surface area contributed by atoms with E-state index in [1.165, 1.54) is 12.1 Å². The van der Waals surface area contributed by atoms with Crippen LogP contribution in [0.5, 0.6) is 0 Å². The predicted molar refractivity (Wildman–Crippen MR) is 117 cm³/mol. The molecule has 162 valence electrons. The molecular weight excluding hydrogens is 395 g/mol. The molecule has 0 aliphatic heterocycles. The number of carbonyl (C=O) groups excluding carboxylic acids is 2. The van der Waals surface area contributed by atoms with Crippen LogP contribution in [0, 0.1) is 5.82 Å². The minimum absolute atomic E-state index is 0.0436. The molecule has 1 N–H and O–H groups in total. The first-order valence-corrected chi connectivity index (χ1v) is 10.4. The predicted octanol–water partition coefficient (Wildman–Crippen LogP) is 3.30. The third kappa shape index (κ3) is 6.39. The zero-order chi connectivity index (χ0) is 22.2. The lowest BCUT2D eigenvalue weighted by Gasteiger charge is -2.18. The van der Waals surface area contributed by atoms with E-state index < -0.39 is 6.04 Å². The second kappa shape index (κ2) is 10.7. The van der Waals surface area contributed by atoms with Crippen molar-refractivity contribution < 1.29 is 14.0 Å². The summed E-state index contributed by atoms with van der Waals surface area (Å²) in [5.74, 6) is -0.297. The molecule has 0 saturated carbocycles. The molecule has 0 aliphatic carbocycles. The van der Waals surface area contributed by atoms with Crippen LogP contribution in [0.1, 0.15) is 31.0 Å². The molecular formula is C24H27FN4O2. The summed E-state index contributed by atoms with van der Waals surface area (Å²) in [6, 6.07) is 11.2. The molecule has 31 heavy (non-hydrogen) atoms. The van der Waals surface area contributed by atoms with E-state index in [1.807, 2.05) is 25.1 Å². The van der Waals surface area contributed by atoms with Crippen LogP contribution in [0.2, 0.25) is 0 Å². The Morgan fingerprint density at radius 1 is 1.13 bits per heavy atom. The summed E-state index contributed by atoms with van der Waals surface area (Å²) in [6.45, 7) is 2.08. The van der Waals surface area contributed by atoms with Gasteiger partial charge in [-0.1, -0.05) is 19.1 Å². The van der Waals surface area contributed by atoms with Crippen molar-refractivity contribution in [1.82, 2.24) is 20.1 Å². The second-order valence-corrected chi connectivity index (χ2v) is 7.58. The number of pyridine rings is 1. The van der Waals surface area contributed by atoms with Crippen LogP contribution in [0.15, 0.2) is 54.9 Å². The summed E-state index contributed by atoms with van der Waals surface area (Å²) in [6.07, 6.45) is 5.20. The molecule has 3 rings (SSSR count). The van der Waals surface area contributed by atoms with E-state index in [2.05, 4.69) is 15.4 Å². The van der Waals surface area contributed by atoms with Gasteiger partial charge < -0.3 is 5.32 Å². The van der Waals surface area contributed by atoms with E-state index in [0.717, 1.165) is 28.9 Å². The van der Waals surface area contributed by atoms with Gasteiger partial charge in [0.15, 0.2) is 5.78 Å². The monoisotopic (exact) mass is 422 g/mol. The number of halogens is 1. The minimum atomic E-state index is -0.550. The maximum absolute atomic E-state index is 13.3. The van der Waals surface area contributed by atoms with Crippen LogP contribution in [0.25, 0.3) is 11.3 Å². The Balaban J connectivity index is 1.74. The number of aryl methyl sites for hydroxylation is 1. The summed E-state index contributed by atoms with van der Waals surface area (Å²) >= 11 is 0. The van der Waals surface area contributed by atoms with E-state index in [-0.39, 0.29) is 30.3 Å². The molecule has 7 heteroatoms. The molecule has 0 radical (unpaired) electrons. The number of rotatable bonds is 11. The highest BCUT2D eigenvalue weighted by Gasteiger charge is 2.22. The third-order valence-corrected chi connectivity index (χ3v) is 5.12. The van der Waals surface area contributed by atoms with Crippen molar-refractivity contribution in [2.24, 2.45) is 7.05 Å². The van der Waals surface area contributed by atoms with Gasteiger partial charge in [-0.05, 0) is 48.7 Å². The van der Waals surface area contributed by atoms with Crippen molar-refractivity contribution in [2.75, 3.05) is 6.54 Å². The fraction of sp³-hybridized carbons (Fsp3) is 0.333. The summed E-state index contributed by atoms with van der Waals surface area (Å²) in [5, 5.41) is 7.62. The first-order valence-electron chi connectivity index (χ1n) is 10.4. The first kappa shape index (κ1) is 22.5. The summed E-state index contributed by atoms with van der Waals surface area (Å²) in [4.78, 5) is 29.2. The van der Waals surface area contributed by atoms with Gasteiger partial charge in [-0.2, -0.15) is 5.10 Å². The Kier molecular flexibility index (Phi) is 7.78. The van der Waals surface area contributed by atoms with E-state index in [9.17, 15) is 14.0 Å². The van der Waals surface area contributed by atoms with E-state index in [4.69, 9.17) is 0 Å². The molecule has 1 atom stereocenters. The zero-order valence-corrected chi connectivity index (χ0v) is 17.8. The van der Waals surface area contributed by atoms with Crippen LogP contribution >= 0.6 is 0 Å². The van der Waals surface area contributed by atoms with E-state index >= 15 is 0 Å². The third-order valence-electron chi connectivity index (χ3n) is 5.12. The number of hydrogen-bond acceptors (Lipinski definition) is 5. The van der Waals surface area contributed by atoms with Crippen LogP contribution < -0.4 is 5.32 Å². The van der Waals surface area contributed by atoms with Crippen LogP contribution in [0.3, 0.4) is 0 Å².